The lowest BCUT2D eigenvalue weighted by Gasteiger charge is -2.23. The Bertz CT molecular complexity index is 696. The molecule has 2 aromatic rings. The lowest BCUT2D eigenvalue weighted by atomic mass is 10.0. The summed E-state index contributed by atoms with van der Waals surface area (Å²) in [7, 11) is 0. The summed E-state index contributed by atoms with van der Waals surface area (Å²) in [4.78, 5) is 26.6. The summed E-state index contributed by atoms with van der Waals surface area (Å²) < 4.78 is 5.17. The van der Waals surface area contributed by atoms with Gasteiger partial charge >= 0.3 is 5.97 Å². The van der Waals surface area contributed by atoms with Crippen LogP contribution in [0.15, 0.2) is 54.6 Å². The predicted molar refractivity (Wildman–Crippen MR) is 82.1 cm³/mol. The Morgan fingerprint density at radius 3 is 2.50 bits per heavy atom. The van der Waals surface area contributed by atoms with Crippen molar-refractivity contribution in [1.82, 2.24) is 4.90 Å². The second kappa shape index (κ2) is 6.02. The van der Waals surface area contributed by atoms with E-state index < -0.39 is 6.04 Å². The van der Waals surface area contributed by atoms with Crippen LogP contribution in [0.4, 0.5) is 0 Å². The number of nitrogens with zero attached hydrogens (tertiary/aromatic N) is 1. The summed E-state index contributed by atoms with van der Waals surface area (Å²) in [6.45, 7) is 2.45. The molecule has 4 heteroatoms. The minimum atomic E-state index is -0.663. The molecule has 3 rings (SSSR count). The first-order valence-corrected chi connectivity index (χ1v) is 7.33. The Kier molecular flexibility index (Phi) is 3.92. The van der Waals surface area contributed by atoms with Gasteiger partial charge in [0.2, 0.25) is 0 Å². The van der Waals surface area contributed by atoms with E-state index >= 15 is 0 Å². The van der Waals surface area contributed by atoms with Gasteiger partial charge in [-0.25, -0.2) is 4.79 Å². The molecule has 1 aliphatic heterocycles. The van der Waals surface area contributed by atoms with Crippen molar-refractivity contribution in [2.45, 2.75) is 19.5 Å². The molecule has 2 aromatic carbocycles. The average molecular weight is 295 g/mol. The molecule has 1 unspecified atom stereocenters. The number of hydrogen-bond donors (Lipinski definition) is 0. The van der Waals surface area contributed by atoms with E-state index in [9.17, 15) is 9.59 Å². The lowest BCUT2D eigenvalue weighted by molar-refractivity contribution is -0.148. The summed E-state index contributed by atoms with van der Waals surface area (Å²) in [5.41, 5.74) is 2.29. The number of amides is 1. The van der Waals surface area contributed by atoms with Crippen molar-refractivity contribution < 1.29 is 14.3 Å². The van der Waals surface area contributed by atoms with Gasteiger partial charge < -0.3 is 9.64 Å². The molecule has 1 amide bonds. The third-order valence-electron chi connectivity index (χ3n) is 3.76. The summed E-state index contributed by atoms with van der Waals surface area (Å²) in [5, 5.41) is 0. The minimum absolute atomic E-state index is 0.127. The lowest BCUT2D eigenvalue weighted by Crippen LogP contribution is -2.33. The molecule has 0 spiro atoms. The highest BCUT2D eigenvalue weighted by Gasteiger charge is 2.41. The van der Waals surface area contributed by atoms with Crippen molar-refractivity contribution >= 4 is 11.9 Å². The summed E-state index contributed by atoms with van der Waals surface area (Å²) in [6, 6.07) is 16.2. The Morgan fingerprint density at radius 1 is 1.09 bits per heavy atom. The fraction of sp³-hybridized carbons (Fsp3) is 0.222. The van der Waals surface area contributed by atoms with Crippen LogP contribution in [0, 0.1) is 0 Å². The number of ether oxygens (including phenoxy) is 1. The van der Waals surface area contributed by atoms with E-state index in [0.29, 0.717) is 18.7 Å². The minimum Gasteiger partial charge on any atom is -0.464 e. The molecule has 0 radical (unpaired) electrons. The summed E-state index contributed by atoms with van der Waals surface area (Å²) in [6.07, 6.45) is 0. The molecule has 1 aliphatic rings. The molecular formula is C18H17NO3. The number of benzene rings is 2. The van der Waals surface area contributed by atoms with Gasteiger partial charge in [0.25, 0.3) is 5.91 Å². The highest BCUT2D eigenvalue weighted by atomic mass is 16.5. The van der Waals surface area contributed by atoms with Gasteiger partial charge in [0.1, 0.15) is 0 Å². The van der Waals surface area contributed by atoms with E-state index in [-0.39, 0.29) is 11.9 Å². The number of hydrogen-bond acceptors (Lipinski definition) is 3. The van der Waals surface area contributed by atoms with E-state index in [4.69, 9.17) is 4.74 Å². The van der Waals surface area contributed by atoms with Crippen molar-refractivity contribution in [1.29, 1.82) is 0 Å². The standard InChI is InChI=1S/C18H17NO3/c1-2-22-18(21)16-14-10-6-7-11-15(14)17(20)19(16)12-13-8-4-3-5-9-13/h3-11,16H,2,12H2,1H3. The van der Waals surface area contributed by atoms with Gasteiger partial charge in [0, 0.05) is 12.1 Å². The largest absolute Gasteiger partial charge is 0.464 e. The zero-order valence-electron chi connectivity index (χ0n) is 12.4. The van der Waals surface area contributed by atoms with E-state index in [0.717, 1.165) is 11.1 Å². The fourth-order valence-corrected chi connectivity index (χ4v) is 2.79. The summed E-state index contributed by atoms with van der Waals surface area (Å²) >= 11 is 0. The average Bonchev–Trinajstić information content (AvgIpc) is 2.82. The van der Waals surface area contributed by atoms with Crippen LogP contribution in [-0.2, 0) is 16.1 Å². The van der Waals surface area contributed by atoms with Crippen LogP contribution in [0.5, 0.6) is 0 Å². The number of rotatable bonds is 4. The van der Waals surface area contributed by atoms with Crippen molar-refractivity contribution in [3.05, 3.63) is 71.3 Å². The highest BCUT2D eigenvalue weighted by Crippen LogP contribution is 2.35. The first kappa shape index (κ1) is 14.3. The van der Waals surface area contributed by atoms with E-state index in [2.05, 4.69) is 0 Å². The van der Waals surface area contributed by atoms with Crippen LogP contribution >= 0.6 is 0 Å². The van der Waals surface area contributed by atoms with E-state index in [1.165, 1.54) is 0 Å². The quantitative estimate of drug-likeness (QED) is 0.815. The molecule has 0 bridgehead atoms. The van der Waals surface area contributed by atoms with E-state index in [1.54, 1.807) is 17.9 Å². The maximum Gasteiger partial charge on any atom is 0.333 e. The molecule has 0 saturated heterocycles. The molecule has 4 nitrogen and oxygen atoms in total. The Morgan fingerprint density at radius 2 is 1.77 bits per heavy atom. The number of fused-ring (bicyclic) bond motifs is 1. The molecule has 1 atom stereocenters. The monoisotopic (exact) mass is 295 g/mol. The number of carbonyl (C=O) groups excluding carboxylic acids is 2. The van der Waals surface area contributed by atoms with Gasteiger partial charge in [-0.2, -0.15) is 0 Å². The predicted octanol–water partition coefficient (Wildman–Crippen LogP) is 2.95. The first-order chi connectivity index (χ1) is 10.7. The summed E-state index contributed by atoms with van der Waals surface area (Å²) in [5.74, 6) is -0.505. The molecule has 0 N–H and O–H groups in total. The van der Waals surface area contributed by atoms with Crippen LogP contribution in [0.3, 0.4) is 0 Å². The maximum atomic E-state index is 12.6. The SMILES string of the molecule is CCOC(=O)C1c2ccccc2C(=O)N1Cc1ccccc1. The van der Waals surface area contributed by atoms with Crippen LogP contribution in [0.2, 0.25) is 0 Å². The van der Waals surface area contributed by atoms with Crippen LogP contribution < -0.4 is 0 Å². The maximum absolute atomic E-state index is 12.6. The zero-order chi connectivity index (χ0) is 15.5. The molecule has 22 heavy (non-hydrogen) atoms. The Labute approximate surface area is 129 Å². The Hall–Kier alpha value is -2.62. The third-order valence-corrected chi connectivity index (χ3v) is 3.76. The smallest absolute Gasteiger partial charge is 0.333 e. The van der Waals surface area contributed by atoms with Gasteiger partial charge in [-0.05, 0) is 24.1 Å². The topological polar surface area (TPSA) is 46.6 Å². The van der Waals surface area contributed by atoms with Crippen molar-refractivity contribution in [3.63, 3.8) is 0 Å². The first-order valence-electron chi connectivity index (χ1n) is 7.33. The Balaban J connectivity index is 1.97. The van der Waals surface area contributed by atoms with Crippen LogP contribution in [-0.4, -0.2) is 23.4 Å². The molecule has 0 aliphatic carbocycles. The molecular weight excluding hydrogens is 278 g/mol. The third kappa shape index (κ3) is 2.48. The van der Waals surface area contributed by atoms with Gasteiger partial charge in [-0.3, -0.25) is 4.79 Å². The van der Waals surface area contributed by atoms with Gasteiger partial charge in [-0.15, -0.1) is 0 Å². The normalized spacial score (nSPS) is 16.5. The second-order valence-electron chi connectivity index (χ2n) is 5.16. The number of carbonyl (C=O) groups is 2. The van der Waals surface area contributed by atoms with Gasteiger partial charge in [0.05, 0.1) is 6.61 Å². The molecule has 112 valence electrons. The molecule has 0 fully saturated rings. The van der Waals surface area contributed by atoms with Gasteiger partial charge in [-0.1, -0.05) is 48.5 Å². The van der Waals surface area contributed by atoms with Gasteiger partial charge in [0.15, 0.2) is 6.04 Å². The molecule has 1 heterocycles. The van der Waals surface area contributed by atoms with Crippen LogP contribution in [0.25, 0.3) is 0 Å². The van der Waals surface area contributed by atoms with Crippen molar-refractivity contribution in [2.75, 3.05) is 6.61 Å². The highest BCUT2D eigenvalue weighted by molar-refractivity contribution is 6.03. The number of esters is 1. The van der Waals surface area contributed by atoms with Crippen molar-refractivity contribution in [3.8, 4) is 0 Å². The zero-order valence-corrected chi connectivity index (χ0v) is 12.4. The molecule has 0 saturated carbocycles. The van der Waals surface area contributed by atoms with Crippen molar-refractivity contribution in [2.24, 2.45) is 0 Å². The van der Waals surface area contributed by atoms with Crippen LogP contribution in [0.1, 0.15) is 34.5 Å². The second-order valence-corrected chi connectivity index (χ2v) is 5.16. The fourth-order valence-electron chi connectivity index (χ4n) is 2.79. The van der Waals surface area contributed by atoms with E-state index in [1.807, 2.05) is 48.5 Å². The molecule has 0 aromatic heterocycles.